The summed E-state index contributed by atoms with van der Waals surface area (Å²) < 4.78 is 0. The van der Waals surface area contributed by atoms with Gasteiger partial charge in [0, 0.05) is 24.5 Å². The van der Waals surface area contributed by atoms with Crippen molar-refractivity contribution in [3.05, 3.63) is 76.7 Å². The molecule has 2 aromatic heterocycles. The minimum Gasteiger partial charge on any atom is -0.347 e. The van der Waals surface area contributed by atoms with Crippen LogP contribution in [0.5, 0.6) is 0 Å². The number of hydrogen-bond donors (Lipinski definition) is 1. The number of nitrogens with zero attached hydrogens (tertiary/aromatic N) is 1. The number of thiophene rings is 1. The number of carbonyl (C=O) groups is 1. The van der Waals surface area contributed by atoms with E-state index < -0.39 is 0 Å². The van der Waals surface area contributed by atoms with Crippen LogP contribution in [0.3, 0.4) is 0 Å². The lowest BCUT2D eigenvalue weighted by atomic mass is 10.1. The first-order valence-electron chi connectivity index (χ1n) is 6.64. The third-order valence-corrected chi connectivity index (χ3v) is 4.07. The van der Waals surface area contributed by atoms with E-state index in [0.717, 1.165) is 21.6 Å². The second kappa shape index (κ2) is 6.33. The molecule has 0 aliphatic heterocycles. The van der Waals surface area contributed by atoms with Crippen LogP contribution in [0.1, 0.15) is 15.2 Å². The van der Waals surface area contributed by atoms with E-state index in [1.165, 1.54) is 11.3 Å². The largest absolute Gasteiger partial charge is 0.347 e. The van der Waals surface area contributed by atoms with E-state index in [9.17, 15) is 4.79 Å². The van der Waals surface area contributed by atoms with Crippen LogP contribution in [0.15, 0.2) is 66.3 Å². The summed E-state index contributed by atoms with van der Waals surface area (Å²) in [5.74, 6) is -0.0411. The number of pyridine rings is 1. The molecule has 1 N–H and O–H groups in total. The van der Waals surface area contributed by atoms with Gasteiger partial charge < -0.3 is 5.32 Å². The summed E-state index contributed by atoms with van der Waals surface area (Å²) >= 11 is 1.46. The second-order valence-corrected chi connectivity index (χ2v) is 5.48. The summed E-state index contributed by atoms with van der Waals surface area (Å²) in [5, 5.41) is 4.90. The minimum absolute atomic E-state index is 0.0411. The lowest BCUT2D eigenvalue weighted by Gasteiger charge is -2.06. The normalized spacial score (nSPS) is 10.3. The Morgan fingerprint density at radius 1 is 1.05 bits per heavy atom. The fourth-order valence-corrected chi connectivity index (χ4v) is 2.93. The number of rotatable bonds is 4. The van der Waals surface area contributed by atoms with Crippen molar-refractivity contribution in [2.45, 2.75) is 6.54 Å². The van der Waals surface area contributed by atoms with Gasteiger partial charge in [0.2, 0.25) is 0 Å². The van der Waals surface area contributed by atoms with E-state index in [1.54, 1.807) is 12.4 Å². The predicted molar refractivity (Wildman–Crippen MR) is 85.2 cm³/mol. The van der Waals surface area contributed by atoms with Gasteiger partial charge in [0.25, 0.3) is 5.91 Å². The van der Waals surface area contributed by atoms with Crippen molar-refractivity contribution < 1.29 is 4.79 Å². The standard InChI is InChI=1S/C17H14N2OS/c20-17(19-12-13-6-9-18-10-7-13)16-15(8-11-21-16)14-4-2-1-3-5-14/h1-11H,12H2,(H,19,20). The predicted octanol–water partition coefficient (Wildman–Crippen LogP) is 3.74. The molecule has 0 unspecified atom stereocenters. The molecule has 0 bridgehead atoms. The highest BCUT2D eigenvalue weighted by atomic mass is 32.1. The van der Waals surface area contributed by atoms with Gasteiger partial charge in [-0.15, -0.1) is 11.3 Å². The lowest BCUT2D eigenvalue weighted by Crippen LogP contribution is -2.22. The van der Waals surface area contributed by atoms with Gasteiger partial charge in [-0.1, -0.05) is 30.3 Å². The summed E-state index contributed by atoms with van der Waals surface area (Å²) in [6.07, 6.45) is 3.45. The maximum absolute atomic E-state index is 12.4. The summed E-state index contributed by atoms with van der Waals surface area (Å²) in [7, 11) is 0. The fraction of sp³-hybridized carbons (Fsp3) is 0.0588. The molecule has 4 heteroatoms. The third kappa shape index (κ3) is 3.17. The first kappa shape index (κ1) is 13.5. The molecular formula is C17H14N2OS. The Morgan fingerprint density at radius 3 is 2.57 bits per heavy atom. The smallest absolute Gasteiger partial charge is 0.262 e. The Labute approximate surface area is 127 Å². The van der Waals surface area contributed by atoms with Crippen molar-refractivity contribution in [3.8, 4) is 11.1 Å². The lowest BCUT2D eigenvalue weighted by molar-refractivity contribution is 0.0955. The highest BCUT2D eigenvalue weighted by molar-refractivity contribution is 7.12. The van der Waals surface area contributed by atoms with Crippen LogP contribution in [0.25, 0.3) is 11.1 Å². The summed E-state index contributed by atoms with van der Waals surface area (Å²) in [5.41, 5.74) is 3.08. The monoisotopic (exact) mass is 294 g/mol. The van der Waals surface area contributed by atoms with Crippen molar-refractivity contribution in [1.29, 1.82) is 0 Å². The van der Waals surface area contributed by atoms with Crippen molar-refractivity contribution in [1.82, 2.24) is 10.3 Å². The number of amides is 1. The van der Waals surface area contributed by atoms with Gasteiger partial charge in [0.05, 0.1) is 4.88 Å². The summed E-state index contributed by atoms with van der Waals surface area (Å²) in [6.45, 7) is 0.507. The Balaban J connectivity index is 1.76. The SMILES string of the molecule is O=C(NCc1ccncc1)c1sccc1-c1ccccc1. The molecule has 0 fully saturated rings. The van der Waals surface area contributed by atoms with Crippen molar-refractivity contribution >= 4 is 17.2 Å². The van der Waals surface area contributed by atoms with Crippen LogP contribution in [0.4, 0.5) is 0 Å². The van der Waals surface area contributed by atoms with Crippen molar-refractivity contribution in [2.75, 3.05) is 0 Å². The van der Waals surface area contributed by atoms with Crippen LogP contribution < -0.4 is 5.32 Å². The first-order valence-corrected chi connectivity index (χ1v) is 7.52. The van der Waals surface area contributed by atoms with Crippen LogP contribution in [-0.4, -0.2) is 10.9 Å². The zero-order chi connectivity index (χ0) is 14.5. The van der Waals surface area contributed by atoms with Gasteiger partial charge in [-0.2, -0.15) is 0 Å². The molecule has 1 amide bonds. The molecule has 21 heavy (non-hydrogen) atoms. The molecular weight excluding hydrogens is 280 g/mol. The number of aromatic nitrogens is 1. The third-order valence-electron chi connectivity index (χ3n) is 3.16. The quantitative estimate of drug-likeness (QED) is 0.796. The molecule has 0 atom stereocenters. The fourth-order valence-electron chi connectivity index (χ4n) is 2.09. The molecule has 0 spiro atoms. The zero-order valence-electron chi connectivity index (χ0n) is 11.3. The van der Waals surface area contributed by atoms with E-state index in [1.807, 2.05) is 53.9 Å². The van der Waals surface area contributed by atoms with Gasteiger partial charge in [0.15, 0.2) is 0 Å². The Bertz CT molecular complexity index is 723. The topological polar surface area (TPSA) is 42.0 Å². The molecule has 0 saturated heterocycles. The first-order chi connectivity index (χ1) is 10.3. The van der Waals surface area contributed by atoms with Gasteiger partial charge in [-0.3, -0.25) is 9.78 Å². The average molecular weight is 294 g/mol. The molecule has 2 heterocycles. The molecule has 3 nitrogen and oxygen atoms in total. The van der Waals surface area contributed by atoms with Gasteiger partial charge in [-0.25, -0.2) is 0 Å². The van der Waals surface area contributed by atoms with Gasteiger partial charge in [-0.05, 0) is 34.7 Å². The molecule has 0 aliphatic rings. The van der Waals surface area contributed by atoms with E-state index in [2.05, 4.69) is 10.3 Å². The number of hydrogen-bond acceptors (Lipinski definition) is 3. The Morgan fingerprint density at radius 2 is 1.81 bits per heavy atom. The second-order valence-electron chi connectivity index (χ2n) is 4.57. The number of carbonyl (C=O) groups excluding carboxylic acids is 1. The average Bonchev–Trinajstić information content (AvgIpc) is 3.04. The van der Waals surface area contributed by atoms with Crippen LogP contribution in [0.2, 0.25) is 0 Å². The van der Waals surface area contributed by atoms with Gasteiger partial charge in [0.1, 0.15) is 0 Å². The van der Waals surface area contributed by atoms with Crippen molar-refractivity contribution in [2.24, 2.45) is 0 Å². The Kier molecular flexibility index (Phi) is 4.07. The van der Waals surface area contributed by atoms with Crippen LogP contribution >= 0.6 is 11.3 Å². The van der Waals surface area contributed by atoms with E-state index in [0.29, 0.717) is 6.54 Å². The van der Waals surface area contributed by atoms with Crippen LogP contribution in [-0.2, 0) is 6.54 Å². The Hall–Kier alpha value is -2.46. The number of nitrogens with one attached hydrogen (secondary N) is 1. The molecule has 0 saturated carbocycles. The molecule has 104 valence electrons. The zero-order valence-corrected chi connectivity index (χ0v) is 12.1. The molecule has 3 aromatic rings. The molecule has 0 radical (unpaired) electrons. The highest BCUT2D eigenvalue weighted by Crippen LogP contribution is 2.28. The molecule has 1 aromatic carbocycles. The van der Waals surface area contributed by atoms with E-state index >= 15 is 0 Å². The van der Waals surface area contributed by atoms with E-state index in [4.69, 9.17) is 0 Å². The summed E-state index contributed by atoms with van der Waals surface area (Å²) in [4.78, 5) is 17.1. The molecule has 3 rings (SSSR count). The highest BCUT2D eigenvalue weighted by Gasteiger charge is 2.14. The van der Waals surface area contributed by atoms with Crippen molar-refractivity contribution in [3.63, 3.8) is 0 Å². The number of benzene rings is 1. The molecule has 0 aliphatic carbocycles. The van der Waals surface area contributed by atoms with E-state index in [-0.39, 0.29) is 5.91 Å². The van der Waals surface area contributed by atoms with Gasteiger partial charge >= 0.3 is 0 Å². The summed E-state index contributed by atoms with van der Waals surface area (Å²) in [6, 6.07) is 15.7. The van der Waals surface area contributed by atoms with Crippen LogP contribution in [0, 0.1) is 0 Å². The minimum atomic E-state index is -0.0411. The maximum Gasteiger partial charge on any atom is 0.262 e. The maximum atomic E-state index is 12.4.